The Bertz CT molecular complexity index is 531. The molecule has 0 aliphatic carbocycles. The van der Waals surface area contributed by atoms with Crippen molar-refractivity contribution < 1.29 is 4.42 Å². The molecule has 2 heterocycles. The Labute approximate surface area is 113 Å². The Morgan fingerprint density at radius 3 is 2.79 bits per heavy atom. The van der Waals surface area contributed by atoms with Gasteiger partial charge in [-0.1, -0.05) is 12.0 Å². The third-order valence-electron chi connectivity index (χ3n) is 2.85. The van der Waals surface area contributed by atoms with Crippen molar-refractivity contribution in [2.24, 2.45) is 0 Å². The molecule has 2 aromatic rings. The lowest BCUT2D eigenvalue weighted by atomic mass is 10.3. The van der Waals surface area contributed by atoms with E-state index in [0.29, 0.717) is 11.9 Å². The standard InChI is InChI=1S/C13H21N5O/c1-5-6-12-15-16-13(19-12)14-10(3)8-18-11(4)7-9(2)17-18/h7,10H,5-6,8H2,1-4H3,(H,14,16). The van der Waals surface area contributed by atoms with Crippen LogP contribution in [-0.4, -0.2) is 26.0 Å². The molecule has 104 valence electrons. The van der Waals surface area contributed by atoms with E-state index in [-0.39, 0.29) is 6.04 Å². The molecule has 0 aliphatic rings. The predicted octanol–water partition coefficient (Wildman–Crippen LogP) is 2.34. The molecule has 0 radical (unpaired) electrons. The summed E-state index contributed by atoms with van der Waals surface area (Å²) < 4.78 is 7.49. The summed E-state index contributed by atoms with van der Waals surface area (Å²) in [6.45, 7) is 8.98. The van der Waals surface area contributed by atoms with Gasteiger partial charge in [-0.3, -0.25) is 4.68 Å². The summed E-state index contributed by atoms with van der Waals surface area (Å²) in [4.78, 5) is 0. The average molecular weight is 263 g/mol. The van der Waals surface area contributed by atoms with Crippen LogP contribution < -0.4 is 5.32 Å². The first-order valence-corrected chi connectivity index (χ1v) is 6.68. The summed E-state index contributed by atoms with van der Waals surface area (Å²) in [6.07, 6.45) is 1.82. The number of hydrogen-bond acceptors (Lipinski definition) is 5. The molecule has 0 saturated heterocycles. The molecule has 19 heavy (non-hydrogen) atoms. The molecule has 0 bridgehead atoms. The van der Waals surface area contributed by atoms with Gasteiger partial charge in [0.1, 0.15) is 0 Å². The summed E-state index contributed by atoms with van der Waals surface area (Å²) in [5, 5.41) is 15.6. The molecule has 0 fully saturated rings. The molecule has 0 aromatic carbocycles. The Morgan fingerprint density at radius 1 is 1.37 bits per heavy atom. The molecule has 0 aliphatic heterocycles. The Balaban J connectivity index is 1.93. The van der Waals surface area contributed by atoms with Crippen LogP contribution in [0, 0.1) is 13.8 Å². The van der Waals surface area contributed by atoms with E-state index in [0.717, 1.165) is 30.8 Å². The molecule has 1 unspecified atom stereocenters. The van der Waals surface area contributed by atoms with Crippen molar-refractivity contribution >= 4 is 6.01 Å². The van der Waals surface area contributed by atoms with E-state index in [1.807, 2.05) is 11.6 Å². The van der Waals surface area contributed by atoms with Crippen LogP contribution in [0.1, 0.15) is 37.5 Å². The highest BCUT2D eigenvalue weighted by Gasteiger charge is 2.11. The molecule has 0 amide bonds. The predicted molar refractivity (Wildman–Crippen MR) is 73.1 cm³/mol. The molecule has 2 aromatic heterocycles. The smallest absolute Gasteiger partial charge is 0.315 e. The third-order valence-corrected chi connectivity index (χ3v) is 2.85. The van der Waals surface area contributed by atoms with Gasteiger partial charge in [-0.2, -0.15) is 5.10 Å². The van der Waals surface area contributed by atoms with E-state index in [9.17, 15) is 0 Å². The summed E-state index contributed by atoms with van der Waals surface area (Å²) in [5.74, 6) is 0.684. The van der Waals surface area contributed by atoms with Crippen molar-refractivity contribution in [3.8, 4) is 0 Å². The molecule has 1 N–H and O–H groups in total. The van der Waals surface area contributed by atoms with Crippen LogP contribution in [0.3, 0.4) is 0 Å². The fourth-order valence-electron chi connectivity index (χ4n) is 2.00. The largest absolute Gasteiger partial charge is 0.408 e. The SMILES string of the molecule is CCCc1nnc(NC(C)Cn2nc(C)cc2C)o1. The zero-order valence-electron chi connectivity index (χ0n) is 12.0. The number of nitrogens with zero attached hydrogens (tertiary/aromatic N) is 4. The summed E-state index contributed by atoms with van der Waals surface area (Å²) in [7, 11) is 0. The second kappa shape index (κ2) is 5.86. The second-order valence-corrected chi connectivity index (χ2v) is 4.91. The third kappa shape index (κ3) is 3.56. The zero-order chi connectivity index (χ0) is 13.8. The van der Waals surface area contributed by atoms with Gasteiger partial charge in [0, 0.05) is 18.2 Å². The zero-order valence-corrected chi connectivity index (χ0v) is 12.0. The quantitative estimate of drug-likeness (QED) is 0.866. The lowest BCUT2D eigenvalue weighted by Gasteiger charge is -2.12. The number of nitrogens with one attached hydrogen (secondary N) is 1. The first-order chi connectivity index (χ1) is 9.08. The fourth-order valence-corrected chi connectivity index (χ4v) is 2.00. The number of anilines is 1. The van der Waals surface area contributed by atoms with E-state index < -0.39 is 0 Å². The maximum atomic E-state index is 5.50. The van der Waals surface area contributed by atoms with E-state index in [1.54, 1.807) is 0 Å². The molecule has 0 spiro atoms. The molecule has 2 rings (SSSR count). The van der Waals surface area contributed by atoms with Gasteiger partial charge in [-0.25, -0.2) is 0 Å². The van der Waals surface area contributed by atoms with E-state index in [4.69, 9.17) is 4.42 Å². The van der Waals surface area contributed by atoms with Gasteiger partial charge < -0.3 is 9.73 Å². The highest BCUT2D eigenvalue weighted by molar-refractivity contribution is 5.19. The van der Waals surface area contributed by atoms with Crippen molar-refractivity contribution in [3.63, 3.8) is 0 Å². The Hall–Kier alpha value is -1.85. The number of aromatic nitrogens is 4. The highest BCUT2D eigenvalue weighted by Crippen LogP contribution is 2.10. The van der Waals surface area contributed by atoms with Gasteiger partial charge in [0.2, 0.25) is 5.89 Å². The van der Waals surface area contributed by atoms with Crippen molar-refractivity contribution in [1.82, 2.24) is 20.0 Å². The summed E-state index contributed by atoms with van der Waals surface area (Å²) in [5.41, 5.74) is 2.19. The lowest BCUT2D eigenvalue weighted by Crippen LogP contribution is -2.23. The van der Waals surface area contributed by atoms with Crippen molar-refractivity contribution in [3.05, 3.63) is 23.3 Å². The minimum atomic E-state index is 0.174. The molecular weight excluding hydrogens is 242 g/mol. The molecule has 6 heteroatoms. The average Bonchev–Trinajstić information content (AvgIpc) is 2.87. The van der Waals surface area contributed by atoms with Gasteiger partial charge in [0.15, 0.2) is 0 Å². The number of aryl methyl sites for hydroxylation is 3. The van der Waals surface area contributed by atoms with Gasteiger partial charge >= 0.3 is 6.01 Å². The van der Waals surface area contributed by atoms with Gasteiger partial charge in [-0.15, -0.1) is 5.10 Å². The summed E-state index contributed by atoms with van der Waals surface area (Å²) >= 11 is 0. The van der Waals surface area contributed by atoms with E-state index >= 15 is 0 Å². The van der Waals surface area contributed by atoms with E-state index in [2.05, 4.69) is 47.5 Å². The van der Waals surface area contributed by atoms with Crippen LogP contribution in [0.5, 0.6) is 0 Å². The minimum Gasteiger partial charge on any atom is -0.408 e. The first kappa shape index (κ1) is 13.6. The molecule has 1 atom stereocenters. The topological polar surface area (TPSA) is 68.8 Å². The van der Waals surface area contributed by atoms with Gasteiger partial charge in [-0.05, 0) is 33.3 Å². The normalized spacial score (nSPS) is 12.6. The Kier molecular flexibility index (Phi) is 4.19. The van der Waals surface area contributed by atoms with Crippen LogP contribution >= 0.6 is 0 Å². The monoisotopic (exact) mass is 263 g/mol. The number of rotatable bonds is 6. The maximum absolute atomic E-state index is 5.50. The number of hydrogen-bond donors (Lipinski definition) is 1. The van der Waals surface area contributed by atoms with Crippen LogP contribution in [0.2, 0.25) is 0 Å². The van der Waals surface area contributed by atoms with Crippen LogP contribution in [0.4, 0.5) is 6.01 Å². The van der Waals surface area contributed by atoms with Crippen molar-refractivity contribution in [2.45, 2.75) is 53.1 Å². The van der Waals surface area contributed by atoms with Crippen molar-refractivity contribution in [1.29, 1.82) is 0 Å². The molecule has 0 saturated carbocycles. The Morgan fingerprint density at radius 2 is 2.16 bits per heavy atom. The van der Waals surface area contributed by atoms with Gasteiger partial charge in [0.05, 0.1) is 12.2 Å². The van der Waals surface area contributed by atoms with Crippen LogP contribution in [-0.2, 0) is 13.0 Å². The summed E-state index contributed by atoms with van der Waals surface area (Å²) in [6, 6.07) is 2.73. The first-order valence-electron chi connectivity index (χ1n) is 6.68. The van der Waals surface area contributed by atoms with Crippen LogP contribution in [0.25, 0.3) is 0 Å². The van der Waals surface area contributed by atoms with E-state index in [1.165, 1.54) is 0 Å². The lowest BCUT2D eigenvalue weighted by molar-refractivity contribution is 0.482. The van der Waals surface area contributed by atoms with Crippen LogP contribution in [0.15, 0.2) is 10.5 Å². The molecular formula is C13H21N5O. The highest BCUT2D eigenvalue weighted by atomic mass is 16.4. The molecule has 6 nitrogen and oxygen atoms in total. The minimum absolute atomic E-state index is 0.174. The van der Waals surface area contributed by atoms with Crippen molar-refractivity contribution in [2.75, 3.05) is 5.32 Å². The fraction of sp³-hybridized carbons (Fsp3) is 0.615. The maximum Gasteiger partial charge on any atom is 0.315 e. The second-order valence-electron chi connectivity index (χ2n) is 4.91. The van der Waals surface area contributed by atoms with Gasteiger partial charge in [0.25, 0.3) is 0 Å².